The lowest BCUT2D eigenvalue weighted by Gasteiger charge is -2.25. The molecule has 2 aromatic carbocycles. The summed E-state index contributed by atoms with van der Waals surface area (Å²) in [6, 6.07) is 12.0. The van der Waals surface area contributed by atoms with Crippen LogP contribution in [0, 0.1) is 0 Å². The summed E-state index contributed by atoms with van der Waals surface area (Å²) in [5, 5.41) is 0. The summed E-state index contributed by atoms with van der Waals surface area (Å²) in [5.41, 5.74) is 2.92. The first-order valence-electron chi connectivity index (χ1n) is 12.0. The van der Waals surface area contributed by atoms with Gasteiger partial charge < -0.3 is 19.1 Å². The lowest BCUT2D eigenvalue weighted by Crippen LogP contribution is -2.40. The van der Waals surface area contributed by atoms with E-state index in [9.17, 15) is 14.4 Å². The van der Waals surface area contributed by atoms with Gasteiger partial charge in [-0.2, -0.15) is 0 Å². The zero-order valence-electron chi connectivity index (χ0n) is 22.1. The Labute approximate surface area is 223 Å². The van der Waals surface area contributed by atoms with Gasteiger partial charge in [-0.05, 0) is 55.3 Å². The number of rotatable bonds is 7. The van der Waals surface area contributed by atoms with Crippen molar-refractivity contribution in [2.24, 2.45) is 4.99 Å². The molecule has 198 valence electrons. The first-order valence-corrected chi connectivity index (χ1v) is 12.8. The van der Waals surface area contributed by atoms with Crippen LogP contribution in [-0.2, 0) is 14.3 Å². The highest BCUT2D eigenvalue weighted by Gasteiger charge is 2.34. The SMILES string of the molecule is CCOC(=O)C1=C(C)N=c2s/c(=C\c3ccc(N(C)C)cc3)c(=O)n2C1c1ccc(OC(C)=O)c(OC)c1. The van der Waals surface area contributed by atoms with Crippen LogP contribution in [0.15, 0.2) is 63.5 Å². The number of nitrogens with zero attached hydrogens (tertiary/aromatic N) is 3. The molecule has 1 aliphatic heterocycles. The highest BCUT2D eigenvalue weighted by atomic mass is 32.1. The Morgan fingerprint density at radius 1 is 1.13 bits per heavy atom. The van der Waals surface area contributed by atoms with Crippen LogP contribution in [0.25, 0.3) is 6.08 Å². The second-order valence-electron chi connectivity index (χ2n) is 8.79. The monoisotopic (exact) mass is 535 g/mol. The van der Waals surface area contributed by atoms with Crippen molar-refractivity contribution in [1.82, 2.24) is 4.57 Å². The normalized spacial score (nSPS) is 15.0. The Kier molecular flexibility index (Phi) is 7.82. The molecule has 4 rings (SSSR count). The molecule has 1 aromatic heterocycles. The maximum absolute atomic E-state index is 13.8. The minimum absolute atomic E-state index is 0.171. The van der Waals surface area contributed by atoms with E-state index in [1.54, 1.807) is 32.0 Å². The molecule has 0 aliphatic carbocycles. The molecule has 0 amide bonds. The van der Waals surface area contributed by atoms with Crippen molar-refractivity contribution in [3.05, 3.63) is 84.5 Å². The number of thiazole rings is 1. The number of methoxy groups -OCH3 is 1. The number of benzene rings is 2. The van der Waals surface area contributed by atoms with Gasteiger partial charge in [-0.3, -0.25) is 14.2 Å². The van der Waals surface area contributed by atoms with Crippen LogP contribution in [0.5, 0.6) is 11.5 Å². The Hall–Kier alpha value is -4.18. The van der Waals surface area contributed by atoms with Gasteiger partial charge in [0, 0.05) is 26.7 Å². The quantitative estimate of drug-likeness (QED) is 0.339. The number of carbonyl (C=O) groups excluding carboxylic acids is 2. The van der Waals surface area contributed by atoms with Gasteiger partial charge in [-0.1, -0.05) is 29.5 Å². The molecule has 0 saturated carbocycles. The zero-order valence-corrected chi connectivity index (χ0v) is 22.9. The van der Waals surface area contributed by atoms with Gasteiger partial charge in [0.2, 0.25) is 0 Å². The largest absolute Gasteiger partial charge is 0.493 e. The smallest absolute Gasteiger partial charge is 0.338 e. The van der Waals surface area contributed by atoms with Crippen molar-refractivity contribution in [2.45, 2.75) is 26.8 Å². The van der Waals surface area contributed by atoms with Gasteiger partial charge in [0.05, 0.1) is 35.6 Å². The van der Waals surface area contributed by atoms with E-state index >= 15 is 0 Å². The summed E-state index contributed by atoms with van der Waals surface area (Å²) in [6.45, 7) is 4.91. The van der Waals surface area contributed by atoms with Crippen molar-refractivity contribution in [3.8, 4) is 11.5 Å². The molecular weight excluding hydrogens is 506 g/mol. The second-order valence-corrected chi connectivity index (χ2v) is 9.80. The van der Waals surface area contributed by atoms with Crippen molar-refractivity contribution >= 4 is 35.0 Å². The fourth-order valence-corrected chi connectivity index (χ4v) is 5.27. The zero-order chi connectivity index (χ0) is 27.6. The molecule has 1 atom stereocenters. The molecule has 1 unspecified atom stereocenters. The molecule has 10 heteroatoms. The number of carbonyl (C=O) groups is 2. The summed E-state index contributed by atoms with van der Waals surface area (Å²) < 4.78 is 18.0. The maximum Gasteiger partial charge on any atom is 0.338 e. The Morgan fingerprint density at radius 2 is 1.84 bits per heavy atom. The highest BCUT2D eigenvalue weighted by Crippen LogP contribution is 2.36. The van der Waals surface area contributed by atoms with E-state index in [1.165, 1.54) is 29.9 Å². The topological polar surface area (TPSA) is 99.4 Å². The van der Waals surface area contributed by atoms with Gasteiger partial charge in [0.1, 0.15) is 0 Å². The number of anilines is 1. The second kappa shape index (κ2) is 11.1. The van der Waals surface area contributed by atoms with Gasteiger partial charge in [-0.25, -0.2) is 9.79 Å². The van der Waals surface area contributed by atoms with Crippen LogP contribution in [0.1, 0.15) is 37.9 Å². The van der Waals surface area contributed by atoms with Crippen molar-refractivity contribution < 1.29 is 23.8 Å². The summed E-state index contributed by atoms with van der Waals surface area (Å²) in [4.78, 5) is 45.5. The van der Waals surface area contributed by atoms with E-state index in [-0.39, 0.29) is 23.5 Å². The number of ether oxygens (including phenoxy) is 3. The molecule has 0 radical (unpaired) electrons. The third-order valence-corrected chi connectivity index (χ3v) is 6.96. The van der Waals surface area contributed by atoms with Crippen LogP contribution >= 0.6 is 11.3 Å². The fraction of sp³-hybridized carbons (Fsp3) is 0.286. The first-order chi connectivity index (χ1) is 18.1. The molecule has 1 aliphatic rings. The van der Waals surface area contributed by atoms with Crippen molar-refractivity contribution in [3.63, 3.8) is 0 Å². The summed E-state index contributed by atoms with van der Waals surface area (Å²) in [7, 11) is 5.38. The molecule has 2 heterocycles. The van der Waals surface area contributed by atoms with Gasteiger partial charge in [0.25, 0.3) is 5.56 Å². The average Bonchev–Trinajstić information content (AvgIpc) is 3.17. The number of aromatic nitrogens is 1. The number of esters is 2. The standard InChI is InChI=1S/C28H29N3O6S/c1-7-36-27(34)24-16(2)29-28-31(25(24)19-10-13-21(37-17(3)32)22(15-19)35-6)26(33)23(38-28)14-18-8-11-20(12-9-18)30(4)5/h8-15,25H,7H2,1-6H3/b23-14-. The van der Waals surface area contributed by atoms with E-state index in [0.717, 1.165) is 11.3 Å². The Bertz CT molecular complexity index is 1600. The van der Waals surface area contributed by atoms with E-state index in [0.29, 0.717) is 26.3 Å². The highest BCUT2D eigenvalue weighted by molar-refractivity contribution is 7.07. The molecule has 0 fully saturated rings. The summed E-state index contributed by atoms with van der Waals surface area (Å²) >= 11 is 1.25. The number of hydrogen-bond acceptors (Lipinski definition) is 9. The van der Waals surface area contributed by atoms with Crippen LogP contribution in [0.2, 0.25) is 0 Å². The summed E-state index contributed by atoms with van der Waals surface area (Å²) in [5.74, 6) is -0.532. The minimum atomic E-state index is -0.816. The van der Waals surface area contributed by atoms with Gasteiger partial charge in [0.15, 0.2) is 16.3 Å². The molecule has 3 aromatic rings. The molecule has 38 heavy (non-hydrogen) atoms. The molecule has 0 N–H and O–H groups in total. The van der Waals surface area contributed by atoms with E-state index in [4.69, 9.17) is 14.2 Å². The molecule has 0 spiro atoms. The van der Waals surface area contributed by atoms with Crippen LogP contribution in [0.3, 0.4) is 0 Å². The predicted octanol–water partition coefficient (Wildman–Crippen LogP) is 2.80. The fourth-order valence-electron chi connectivity index (χ4n) is 4.22. The van der Waals surface area contributed by atoms with Crippen LogP contribution in [0.4, 0.5) is 5.69 Å². The molecule has 0 bridgehead atoms. The van der Waals surface area contributed by atoms with Gasteiger partial charge >= 0.3 is 11.9 Å². The summed E-state index contributed by atoms with van der Waals surface area (Å²) in [6.07, 6.45) is 1.81. The number of allylic oxidation sites excluding steroid dienone is 1. The predicted molar refractivity (Wildman–Crippen MR) is 145 cm³/mol. The maximum atomic E-state index is 13.8. The van der Waals surface area contributed by atoms with Gasteiger partial charge in [-0.15, -0.1) is 0 Å². The molecule has 9 nitrogen and oxygen atoms in total. The Morgan fingerprint density at radius 3 is 2.45 bits per heavy atom. The lowest BCUT2D eigenvalue weighted by molar-refractivity contribution is -0.139. The van der Waals surface area contributed by atoms with Crippen LogP contribution in [-0.4, -0.2) is 44.3 Å². The van der Waals surface area contributed by atoms with E-state index in [1.807, 2.05) is 49.3 Å². The van der Waals surface area contributed by atoms with Crippen molar-refractivity contribution in [2.75, 3.05) is 32.7 Å². The average molecular weight is 536 g/mol. The first kappa shape index (κ1) is 26.9. The molecule has 0 saturated heterocycles. The van der Waals surface area contributed by atoms with Crippen molar-refractivity contribution in [1.29, 1.82) is 0 Å². The molecular formula is C28H29N3O6S. The van der Waals surface area contributed by atoms with E-state index < -0.39 is 18.0 Å². The third kappa shape index (κ3) is 5.26. The van der Waals surface area contributed by atoms with E-state index in [2.05, 4.69) is 4.99 Å². The minimum Gasteiger partial charge on any atom is -0.493 e. The lowest BCUT2D eigenvalue weighted by atomic mass is 9.95. The Balaban J connectivity index is 1.91. The number of hydrogen-bond donors (Lipinski definition) is 0. The third-order valence-electron chi connectivity index (χ3n) is 5.98. The van der Waals surface area contributed by atoms with Crippen LogP contribution < -0.4 is 29.3 Å². The number of fused-ring (bicyclic) bond motifs is 1.